The second-order valence-electron chi connectivity index (χ2n) is 3.80. The Balaban J connectivity index is 2.84. The van der Waals surface area contributed by atoms with Crippen molar-refractivity contribution in [3.63, 3.8) is 0 Å². The summed E-state index contributed by atoms with van der Waals surface area (Å²) >= 11 is 0. The summed E-state index contributed by atoms with van der Waals surface area (Å²) in [6.45, 7) is 12.2. The molecule has 1 atom stereocenters. The molecule has 1 rings (SSSR count). The average Bonchev–Trinajstić information content (AvgIpc) is 2.19. The predicted octanol–water partition coefficient (Wildman–Crippen LogP) is 4.20. The molecule has 0 heteroatoms. The molecule has 0 spiro atoms. The Morgan fingerprint density at radius 3 is 2.50 bits per heavy atom. The van der Waals surface area contributed by atoms with E-state index in [0.717, 1.165) is 6.42 Å². The highest BCUT2D eigenvalue weighted by Crippen LogP contribution is 2.27. The minimum absolute atomic E-state index is 0.447. The summed E-state index contributed by atoms with van der Waals surface area (Å²) in [5.41, 5.74) is 3.67. The zero-order valence-corrected chi connectivity index (χ0v) is 9.09. The maximum absolute atomic E-state index is 4.16. The van der Waals surface area contributed by atoms with Gasteiger partial charge in [-0.15, -0.1) is 0 Å². The first-order chi connectivity index (χ1) is 6.66. The predicted molar refractivity (Wildman–Crippen MR) is 64.1 cm³/mol. The Morgan fingerprint density at radius 2 is 2.07 bits per heavy atom. The van der Waals surface area contributed by atoms with Gasteiger partial charge in [0.1, 0.15) is 0 Å². The smallest absolute Gasteiger partial charge is 0.00557 e. The first-order valence-electron chi connectivity index (χ1n) is 4.99. The zero-order valence-electron chi connectivity index (χ0n) is 9.09. The van der Waals surface area contributed by atoms with Crippen LogP contribution in [-0.2, 0) is 0 Å². The number of hydrogen-bond acceptors (Lipinski definition) is 0. The molecule has 0 saturated carbocycles. The topological polar surface area (TPSA) is 0 Å². The summed E-state index contributed by atoms with van der Waals surface area (Å²) in [6.07, 6.45) is 11.5. The normalized spacial score (nSPS) is 19.1. The molecule has 0 fully saturated rings. The summed E-state index contributed by atoms with van der Waals surface area (Å²) in [6, 6.07) is 0. The van der Waals surface area contributed by atoms with Crippen molar-refractivity contribution < 1.29 is 0 Å². The lowest BCUT2D eigenvalue weighted by atomic mass is 9.87. The van der Waals surface area contributed by atoms with Crippen LogP contribution in [-0.4, -0.2) is 0 Å². The Labute approximate surface area is 87.0 Å². The lowest BCUT2D eigenvalue weighted by molar-refractivity contribution is 0.780. The fraction of sp³-hybridized carbons (Fsp3) is 0.286. The van der Waals surface area contributed by atoms with E-state index in [4.69, 9.17) is 0 Å². The maximum atomic E-state index is 4.16. The van der Waals surface area contributed by atoms with Gasteiger partial charge >= 0.3 is 0 Å². The van der Waals surface area contributed by atoms with Crippen LogP contribution in [0.1, 0.15) is 20.3 Å². The lowest BCUT2D eigenvalue weighted by Gasteiger charge is -2.18. The first-order valence-corrected chi connectivity index (χ1v) is 4.99. The molecule has 0 heterocycles. The third kappa shape index (κ3) is 2.35. The van der Waals surface area contributed by atoms with E-state index in [1.165, 1.54) is 16.7 Å². The molecular formula is C14H18. The van der Waals surface area contributed by atoms with E-state index < -0.39 is 0 Å². The van der Waals surface area contributed by atoms with E-state index in [1.807, 2.05) is 6.08 Å². The standard InChI is InChI=1S/C14H18/c1-5-14(11(2)3)12(4)13-9-7-6-8-10-13/h5-9,13H,1,4,10H2,2-3H3. The molecule has 0 aromatic rings. The molecule has 0 saturated heterocycles. The third-order valence-electron chi connectivity index (χ3n) is 2.52. The third-order valence-corrected chi connectivity index (χ3v) is 2.52. The molecule has 1 unspecified atom stereocenters. The van der Waals surface area contributed by atoms with Crippen LogP contribution in [0.2, 0.25) is 0 Å². The minimum Gasteiger partial charge on any atom is -0.0985 e. The van der Waals surface area contributed by atoms with Gasteiger partial charge in [-0.05, 0) is 31.4 Å². The fourth-order valence-corrected chi connectivity index (χ4v) is 1.70. The van der Waals surface area contributed by atoms with Crippen LogP contribution in [0.3, 0.4) is 0 Å². The Kier molecular flexibility index (Phi) is 3.70. The Bertz CT molecular complexity index is 320. The highest BCUT2D eigenvalue weighted by Gasteiger charge is 2.12. The van der Waals surface area contributed by atoms with E-state index in [0.29, 0.717) is 5.92 Å². The van der Waals surface area contributed by atoms with Gasteiger partial charge in [0.25, 0.3) is 0 Å². The van der Waals surface area contributed by atoms with E-state index in [9.17, 15) is 0 Å². The summed E-state index contributed by atoms with van der Waals surface area (Å²) in [7, 11) is 0. The molecule has 0 nitrogen and oxygen atoms in total. The molecule has 74 valence electrons. The van der Waals surface area contributed by atoms with Crippen LogP contribution in [0.25, 0.3) is 0 Å². The molecule has 0 aromatic carbocycles. The van der Waals surface area contributed by atoms with E-state index in [2.05, 4.69) is 51.3 Å². The maximum Gasteiger partial charge on any atom is 0.00557 e. The number of hydrogen-bond donors (Lipinski definition) is 0. The van der Waals surface area contributed by atoms with Crippen molar-refractivity contribution in [3.05, 3.63) is 60.3 Å². The molecule has 0 bridgehead atoms. The van der Waals surface area contributed by atoms with Gasteiger partial charge in [0.2, 0.25) is 0 Å². The van der Waals surface area contributed by atoms with Crippen LogP contribution in [0, 0.1) is 5.92 Å². The largest absolute Gasteiger partial charge is 0.0985 e. The second-order valence-corrected chi connectivity index (χ2v) is 3.80. The van der Waals surface area contributed by atoms with E-state index >= 15 is 0 Å². The van der Waals surface area contributed by atoms with Crippen molar-refractivity contribution >= 4 is 0 Å². The average molecular weight is 186 g/mol. The Hall–Kier alpha value is -1.30. The summed E-state index contributed by atoms with van der Waals surface area (Å²) in [5, 5.41) is 0. The van der Waals surface area contributed by atoms with E-state index in [1.54, 1.807) is 0 Å². The molecule has 0 radical (unpaired) electrons. The van der Waals surface area contributed by atoms with Crippen molar-refractivity contribution in [1.82, 2.24) is 0 Å². The molecule has 1 aliphatic carbocycles. The zero-order chi connectivity index (χ0) is 10.6. The summed E-state index contributed by atoms with van der Waals surface area (Å²) in [4.78, 5) is 0. The van der Waals surface area contributed by atoms with Crippen LogP contribution in [0.15, 0.2) is 60.3 Å². The van der Waals surface area contributed by atoms with Gasteiger partial charge in [-0.2, -0.15) is 0 Å². The van der Waals surface area contributed by atoms with Crippen LogP contribution in [0.4, 0.5) is 0 Å². The first kappa shape index (κ1) is 10.8. The van der Waals surface area contributed by atoms with Crippen molar-refractivity contribution in [2.75, 3.05) is 0 Å². The van der Waals surface area contributed by atoms with E-state index in [-0.39, 0.29) is 0 Å². The van der Waals surface area contributed by atoms with Gasteiger partial charge in [-0.25, -0.2) is 0 Å². The van der Waals surface area contributed by atoms with Crippen molar-refractivity contribution in [2.24, 2.45) is 5.92 Å². The highest BCUT2D eigenvalue weighted by atomic mass is 14.2. The summed E-state index contributed by atoms with van der Waals surface area (Å²) < 4.78 is 0. The van der Waals surface area contributed by atoms with Gasteiger partial charge in [0, 0.05) is 5.92 Å². The van der Waals surface area contributed by atoms with Crippen LogP contribution >= 0.6 is 0 Å². The van der Waals surface area contributed by atoms with Gasteiger partial charge in [0.15, 0.2) is 0 Å². The summed E-state index contributed by atoms with van der Waals surface area (Å²) in [5.74, 6) is 0.447. The van der Waals surface area contributed by atoms with Gasteiger partial charge < -0.3 is 0 Å². The van der Waals surface area contributed by atoms with Crippen molar-refractivity contribution in [1.29, 1.82) is 0 Å². The lowest BCUT2D eigenvalue weighted by Crippen LogP contribution is -2.03. The highest BCUT2D eigenvalue weighted by molar-refractivity contribution is 5.43. The number of rotatable bonds is 3. The molecule has 0 N–H and O–H groups in total. The quantitative estimate of drug-likeness (QED) is 0.579. The van der Waals surface area contributed by atoms with Crippen molar-refractivity contribution in [2.45, 2.75) is 20.3 Å². The van der Waals surface area contributed by atoms with Crippen LogP contribution < -0.4 is 0 Å². The van der Waals surface area contributed by atoms with Crippen molar-refractivity contribution in [3.8, 4) is 0 Å². The SMILES string of the molecule is C=CC(C(=C)C1C=CC=CC1)=C(C)C. The number of allylic oxidation sites excluding steroid dienone is 8. The molecule has 0 amide bonds. The molecular weight excluding hydrogens is 168 g/mol. The molecule has 1 aliphatic rings. The van der Waals surface area contributed by atoms with Crippen LogP contribution in [0.5, 0.6) is 0 Å². The molecule has 0 aliphatic heterocycles. The minimum atomic E-state index is 0.447. The van der Waals surface area contributed by atoms with Gasteiger partial charge in [-0.1, -0.05) is 49.1 Å². The second kappa shape index (κ2) is 4.80. The fourth-order valence-electron chi connectivity index (χ4n) is 1.70. The Morgan fingerprint density at radius 1 is 1.36 bits per heavy atom. The molecule has 0 aromatic heterocycles. The van der Waals surface area contributed by atoms with Gasteiger partial charge in [0.05, 0.1) is 0 Å². The molecule has 14 heavy (non-hydrogen) atoms. The van der Waals surface area contributed by atoms with Gasteiger partial charge in [-0.3, -0.25) is 0 Å². The monoisotopic (exact) mass is 186 g/mol.